The number of nitrogens with zero attached hydrogens (tertiary/aromatic N) is 3. The standard InChI is InChI=1S/C21H23F2N5OS/c1-13-11-27(12-14(2)28(13)20(29)15-6-4-3-5-7-15)19-9-17(22)16(8-18(19)23)10-25-26-21(24)30/h3-10,13-14H,11-12H2,1-2H3,(H3,24,26,30)/t13-,14+. The maximum atomic E-state index is 14.8. The van der Waals surface area contributed by atoms with E-state index in [0.29, 0.717) is 18.7 Å². The average molecular weight is 432 g/mol. The van der Waals surface area contributed by atoms with E-state index in [0.717, 1.165) is 18.3 Å². The summed E-state index contributed by atoms with van der Waals surface area (Å²) < 4.78 is 29.2. The topological polar surface area (TPSA) is 74.0 Å². The molecule has 6 nitrogen and oxygen atoms in total. The van der Waals surface area contributed by atoms with Crippen molar-refractivity contribution in [2.75, 3.05) is 18.0 Å². The molecule has 2 aromatic rings. The van der Waals surface area contributed by atoms with Gasteiger partial charge >= 0.3 is 0 Å². The number of nitrogens with two attached hydrogens (primary N) is 1. The lowest BCUT2D eigenvalue weighted by Crippen LogP contribution is -2.59. The lowest BCUT2D eigenvalue weighted by molar-refractivity contribution is 0.0574. The van der Waals surface area contributed by atoms with E-state index in [1.807, 2.05) is 32.0 Å². The second-order valence-corrected chi connectivity index (χ2v) is 7.68. The number of carbonyl (C=O) groups is 1. The highest BCUT2D eigenvalue weighted by Crippen LogP contribution is 2.28. The number of rotatable bonds is 4. The molecule has 1 amide bonds. The monoisotopic (exact) mass is 431 g/mol. The number of carbonyl (C=O) groups excluding carboxylic acids is 1. The molecule has 1 aliphatic heterocycles. The predicted molar refractivity (Wildman–Crippen MR) is 118 cm³/mol. The molecule has 2 atom stereocenters. The van der Waals surface area contributed by atoms with Crippen molar-refractivity contribution < 1.29 is 13.6 Å². The zero-order valence-corrected chi connectivity index (χ0v) is 17.5. The third-order valence-corrected chi connectivity index (χ3v) is 5.05. The molecule has 9 heteroatoms. The predicted octanol–water partition coefficient (Wildman–Crippen LogP) is 2.87. The maximum Gasteiger partial charge on any atom is 0.254 e. The summed E-state index contributed by atoms with van der Waals surface area (Å²) in [7, 11) is 0. The van der Waals surface area contributed by atoms with Crippen molar-refractivity contribution in [2.45, 2.75) is 25.9 Å². The van der Waals surface area contributed by atoms with Gasteiger partial charge in [0.15, 0.2) is 5.11 Å². The van der Waals surface area contributed by atoms with E-state index in [2.05, 4.69) is 22.7 Å². The summed E-state index contributed by atoms with van der Waals surface area (Å²) in [5, 5.41) is 3.59. The first kappa shape index (κ1) is 21.6. The van der Waals surface area contributed by atoms with Crippen LogP contribution in [-0.2, 0) is 0 Å². The van der Waals surface area contributed by atoms with E-state index < -0.39 is 11.6 Å². The minimum atomic E-state index is -0.622. The van der Waals surface area contributed by atoms with Crippen LogP contribution in [0.25, 0.3) is 0 Å². The Bertz CT molecular complexity index is 957. The van der Waals surface area contributed by atoms with Crippen LogP contribution in [-0.4, -0.2) is 47.3 Å². The van der Waals surface area contributed by atoms with Gasteiger partial charge in [-0.05, 0) is 44.3 Å². The summed E-state index contributed by atoms with van der Waals surface area (Å²) in [5.74, 6) is -1.27. The quantitative estimate of drug-likeness (QED) is 0.442. The summed E-state index contributed by atoms with van der Waals surface area (Å²) >= 11 is 4.61. The Morgan fingerprint density at radius 1 is 1.17 bits per heavy atom. The highest BCUT2D eigenvalue weighted by molar-refractivity contribution is 7.80. The van der Waals surface area contributed by atoms with Gasteiger partial charge in [-0.25, -0.2) is 8.78 Å². The van der Waals surface area contributed by atoms with Crippen LogP contribution in [0.2, 0.25) is 0 Å². The zero-order valence-electron chi connectivity index (χ0n) is 16.7. The lowest BCUT2D eigenvalue weighted by atomic mass is 10.0. The van der Waals surface area contributed by atoms with Crippen molar-refractivity contribution in [3.8, 4) is 0 Å². The number of halogens is 2. The SMILES string of the molecule is C[C@@H]1CN(c2cc(F)c(C=NNC(N)=S)cc2F)C[C@H](C)N1C(=O)c1ccccc1. The van der Waals surface area contributed by atoms with Crippen LogP contribution in [0, 0.1) is 11.6 Å². The Labute approximate surface area is 179 Å². The largest absolute Gasteiger partial charge is 0.375 e. The van der Waals surface area contributed by atoms with E-state index in [9.17, 15) is 13.6 Å². The van der Waals surface area contributed by atoms with Crippen LogP contribution < -0.4 is 16.1 Å². The van der Waals surface area contributed by atoms with Gasteiger partial charge < -0.3 is 15.5 Å². The number of piperazine rings is 1. The average Bonchev–Trinajstić information content (AvgIpc) is 2.70. The van der Waals surface area contributed by atoms with Gasteiger partial charge in [-0.3, -0.25) is 10.2 Å². The van der Waals surface area contributed by atoms with Crippen molar-refractivity contribution in [1.82, 2.24) is 10.3 Å². The number of hydrazone groups is 1. The van der Waals surface area contributed by atoms with Gasteiger partial charge in [-0.1, -0.05) is 18.2 Å². The Balaban J connectivity index is 1.78. The van der Waals surface area contributed by atoms with Crippen molar-refractivity contribution in [1.29, 1.82) is 0 Å². The molecule has 1 saturated heterocycles. The fourth-order valence-electron chi connectivity index (χ4n) is 3.71. The molecular weight excluding hydrogens is 408 g/mol. The molecule has 30 heavy (non-hydrogen) atoms. The third-order valence-electron chi connectivity index (χ3n) is 4.96. The fourth-order valence-corrected chi connectivity index (χ4v) is 3.76. The first-order chi connectivity index (χ1) is 14.3. The van der Waals surface area contributed by atoms with Gasteiger partial charge in [0.25, 0.3) is 5.91 Å². The highest BCUT2D eigenvalue weighted by Gasteiger charge is 2.34. The fraction of sp³-hybridized carbons (Fsp3) is 0.286. The summed E-state index contributed by atoms with van der Waals surface area (Å²) in [5.41, 5.74) is 8.28. The van der Waals surface area contributed by atoms with Crippen LogP contribution in [0.1, 0.15) is 29.8 Å². The molecule has 0 aromatic heterocycles. The van der Waals surface area contributed by atoms with Crippen LogP contribution in [0.4, 0.5) is 14.5 Å². The number of hydrogen-bond acceptors (Lipinski definition) is 4. The van der Waals surface area contributed by atoms with E-state index in [1.165, 1.54) is 0 Å². The second kappa shape index (κ2) is 9.17. The van der Waals surface area contributed by atoms with Crippen molar-refractivity contribution in [2.24, 2.45) is 10.8 Å². The number of hydrogen-bond donors (Lipinski definition) is 2. The smallest absolute Gasteiger partial charge is 0.254 e. The molecule has 1 fully saturated rings. The van der Waals surface area contributed by atoms with Crippen molar-refractivity contribution in [3.05, 3.63) is 65.2 Å². The molecular formula is C21H23F2N5OS. The van der Waals surface area contributed by atoms with E-state index in [4.69, 9.17) is 5.73 Å². The Morgan fingerprint density at radius 3 is 2.40 bits per heavy atom. The molecule has 1 heterocycles. The molecule has 2 aromatic carbocycles. The van der Waals surface area contributed by atoms with Gasteiger partial charge in [0.1, 0.15) is 11.6 Å². The van der Waals surface area contributed by atoms with Gasteiger partial charge in [-0.2, -0.15) is 5.10 Å². The summed E-state index contributed by atoms with van der Waals surface area (Å²) in [6.45, 7) is 4.58. The molecule has 0 unspecified atom stereocenters. The zero-order chi connectivity index (χ0) is 21.8. The van der Waals surface area contributed by atoms with E-state index in [-0.39, 0.29) is 34.4 Å². The van der Waals surface area contributed by atoms with Gasteiger partial charge in [0.2, 0.25) is 0 Å². The van der Waals surface area contributed by atoms with Crippen molar-refractivity contribution >= 4 is 35.1 Å². The second-order valence-electron chi connectivity index (χ2n) is 7.24. The molecule has 3 N–H and O–H groups in total. The minimum Gasteiger partial charge on any atom is -0.375 e. The van der Waals surface area contributed by atoms with Crippen molar-refractivity contribution in [3.63, 3.8) is 0 Å². The number of nitrogens with one attached hydrogen (secondary N) is 1. The molecule has 0 bridgehead atoms. The number of benzene rings is 2. The number of thiocarbonyl (C=S) groups is 1. The summed E-state index contributed by atoms with van der Waals surface area (Å²) in [4.78, 5) is 16.5. The first-order valence-electron chi connectivity index (χ1n) is 9.48. The van der Waals surface area contributed by atoms with E-state index in [1.54, 1.807) is 21.9 Å². The molecule has 1 aliphatic rings. The Kier molecular flexibility index (Phi) is 6.61. The lowest BCUT2D eigenvalue weighted by Gasteiger charge is -2.45. The van der Waals surface area contributed by atoms with Crippen LogP contribution in [0.15, 0.2) is 47.6 Å². The maximum absolute atomic E-state index is 14.8. The Morgan fingerprint density at radius 2 is 1.80 bits per heavy atom. The van der Waals surface area contributed by atoms with Crippen LogP contribution >= 0.6 is 12.2 Å². The molecule has 3 rings (SSSR count). The molecule has 0 spiro atoms. The third kappa shape index (κ3) is 4.73. The minimum absolute atomic E-state index is 0.0287. The summed E-state index contributed by atoms with van der Waals surface area (Å²) in [6.07, 6.45) is 1.11. The van der Waals surface area contributed by atoms with Gasteiger partial charge in [0.05, 0.1) is 11.9 Å². The Hall–Kier alpha value is -3.07. The number of amides is 1. The highest BCUT2D eigenvalue weighted by atomic mass is 32.1. The van der Waals surface area contributed by atoms with Crippen LogP contribution in [0.3, 0.4) is 0 Å². The van der Waals surface area contributed by atoms with Crippen LogP contribution in [0.5, 0.6) is 0 Å². The van der Waals surface area contributed by atoms with E-state index >= 15 is 0 Å². The normalized spacial score (nSPS) is 19.2. The van der Waals surface area contributed by atoms with Gasteiger partial charge in [0, 0.05) is 42.4 Å². The number of anilines is 1. The molecule has 0 saturated carbocycles. The summed E-state index contributed by atoms with van der Waals surface area (Å²) in [6, 6.07) is 10.9. The molecule has 0 radical (unpaired) electrons. The molecule has 158 valence electrons. The van der Waals surface area contributed by atoms with Gasteiger partial charge in [-0.15, -0.1) is 0 Å². The first-order valence-corrected chi connectivity index (χ1v) is 9.89. The molecule has 0 aliphatic carbocycles.